The number of rotatable bonds is 13. The third kappa shape index (κ3) is 10.7. The van der Waals surface area contributed by atoms with Crippen molar-refractivity contribution in [2.45, 2.75) is 0 Å². The Kier molecular flexibility index (Phi) is 15.0. The van der Waals surface area contributed by atoms with Crippen LogP contribution in [0.1, 0.15) is 0 Å². The summed E-state index contributed by atoms with van der Waals surface area (Å²) in [4.78, 5) is 35.7. The standard InChI is InChI=1S/C101H63N11/c1-5-21-66(22-6-1)88-63-89(105-96(104-88)70-45-53-75(54-46-70)109-90-37-15-13-29-80(90)84-33-17-31-78(94(84)109)72-49-57-82-86-35-19-59-102-100(86)111(92(82)61-72)74-27-11-4-12-28-74)67-41-39-64(40-42-67)65-43-51-77(52-44-65)112-93-62-73(50-58-83(93)87-36-20-60-103-101(87)112)79-32-18-34-85-81-30-14-16-38-91(81)110(95(79)85)76-55-47-71(48-56-76)99-107-97(68-23-7-2-8-24-68)106-98(108-99)69-25-9-3-10-26-69/h1-63H. The van der Waals surface area contributed by atoms with Crippen LogP contribution in [0.3, 0.4) is 0 Å². The zero-order valence-electron chi connectivity index (χ0n) is 60.3. The summed E-state index contributed by atoms with van der Waals surface area (Å²) in [6.07, 6.45) is 3.77. The largest absolute Gasteiger partial charge is 0.309 e. The van der Waals surface area contributed by atoms with Crippen LogP contribution in [0.4, 0.5) is 0 Å². The highest BCUT2D eigenvalue weighted by molar-refractivity contribution is 6.17. The van der Waals surface area contributed by atoms with Crippen molar-refractivity contribution in [2.75, 3.05) is 0 Å². The minimum atomic E-state index is 0.608. The Balaban J connectivity index is 0.586. The molecule has 0 radical (unpaired) electrons. The van der Waals surface area contributed by atoms with Crippen molar-refractivity contribution in [2.24, 2.45) is 0 Å². The monoisotopic (exact) mass is 1430 g/mol. The van der Waals surface area contributed by atoms with E-state index in [1.165, 1.54) is 21.5 Å². The molecular weight excluding hydrogens is 1370 g/mol. The van der Waals surface area contributed by atoms with Crippen LogP contribution >= 0.6 is 0 Å². The van der Waals surface area contributed by atoms with Gasteiger partial charge < -0.3 is 9.13 Å². The quantitative estimate of drug-likeness (QED) is 0.113. The SMILES string of the molecule is c1ccc(-c2cc(-c3ccc(-c4ccc(-n5c6cc(-c7cccc8c9ccccc9n(-c9ccc(-c%10nc(-c%11ccccc%11)nc(-c%11ccccc%11)n%10)cc9)c78)ccc6c6cccnc65)cc4)cc3)nc(-c3ccc(-n4c5ccccc5c5cccc(-c6ccc7c8cccnc8n(-c8ccccc8)c7c6)c54)cc3)n2)cc1. The smallest absolute Gasteiger partial charge is 0.164 e. The molecule has 0 N–H and O–H groups in total. The van der Waals surface area contributed by atoms with Crippen molar-refractivity contribution in [3.05, 3.63) is 382 Å². The number of aromatic nitrogens is 11. The van der Waals surface area contributed by atoms with Crippen LogP contribution in [-0.4, -0.2) is 53.2 Å². The van der Waals surface area contributed by atoms with Gasteiger partial charge in [-0.25, -0.2) is 34.9 Å². The molecule has 14 aromatic carbocycles. The fourth-order valence-corrected chi connectivity index (χ4v) is 16.7. The number of benzene rings is 14. The Bertz CT molecular complexity index is 7380. The predicted molar refractivity (Wildman–Crippen MR) is 457 cm³/mol. The molecular formula is C101H63N11. The summed E-state index contributed by atoms with van der Waals surface area (Å²) in [5.74, 6) is 2.50. The van der Waals surface area contributed by atoms with Crippen molar-refractivity contribution in [3.8, 4) is 124 Å². The van der Waals surface area contributed by atoms with Crippen LogP contribution < -0.4 is 0 Å². The Morgan fingerprint density at radius 2 is 0.491 bits per heavy atom. The van der Waals surface area contributed by atoms with E-state index in [1.54, 1.807) is 0 Å². The van der Waals surface area contributed by atoms with Crippen LogP contribution in [-0.2, 0) is 0 Å². The molecule has 112 heavy (non-hydrogen) atoms. The maximum absolute atomic E-state index is 5.37. The molecule has 0 atom stereocenters. The summed E-state index contributed by atoms with van der Waals surface area (Å²) in [5, 5.41) is 9.21. The Morgan fingerprint density at radius 1 is 0.179 bits per heavy atom. The maximum atomic E-state index is 5.37. The molecule has 522 valence electrons. The normalized spacial score (nSPS) is 11.8. The molecule has 0 aliphatic heterocycles. The molecule has 0 amide bonds. The number of nitrogens with zero attached hydrogens (tertiary/aromatic N) is 11. The molecule has 8 heterocycles. The van der Waals surface area contributed by atoms with Crippen molar-refractivity contribution >= 4 is 87.5 Å². The van der Waals surface area contributed by atoms with Crippen LogP contribution in [0.15, 0.2) is 382 Å². The van der Waals surface area contributed by atoms with Crippen LogP contribution in [0.2, 0.25) is 0 Å². The number of hydrogen-bond donors (Lipinski definition) is 0. The molecule has 22 aromatic rings. The third-order valence-corrected chi connectivity index (χ3v) is 22.0. The molecule has 0 saturated heterocycles. The van der Waals surface area contributed by atoms with Gasteiger partial charge in [-0.15, -0.1) is 0 Å². The van der Waals surface area contributed by atoms with Crippen LogP contribution in [0.25, 0.3) is 212 Å². The topological polar surface area (TPSA) is 110 Å². The maximum Gasteiger partial charge on any atom is 0.164 e. The van der Waals surface area contributed by atoms with Gasteiger partial charge in [0.05, 0.1) is 44.5 Å². The number of pyridine rings is 2. The summed E-state index contributed by atoms with van der Waals surface area (Å²) >= 11 is 0. The van der Waals surface area contributed by atoms with Crippen molar-refractivity contribution in [1.29, 1.82) is 0 Å². The van der Waals surface area contributed by atoms with E-state index in [4.69, 9.17) is 34.9 Å². The molecule has 0 spiro atoms. The first kappa shape index (κ1) is 63.9. The zero-order valence-corrected chi connectivity index (χ0v) is 60.3. The molecule has 22 rings (SSSR count). The van der Waals surface area contributed by atoms with Gasteiger partial charge in [0.2, 0.25) is 0 Å². The minimum Gasteiger partial charge on any atom is -0.309 e. The van der Waals surface area contributed by atoms with Crippen LogP contribution in [0.5, 0.6) is 0 Å². The van der Waals surface area contributed by atoms with E-state index in [2.05, 4.69) is 309 Å². The lowest BCUT2D eigenvalue weighted by Crippen LogP contribution is -2.00. The highest BCUT2D eigenvalue weighted by Gasteiger charge is 2.24. The van der Waals surface area contributed by atoms with E-state index in [9.17, 15) is 0 Å². The van der Waals surface area contributed by atoms with E-state index in [1.807, 2.05) is 91.3 Å². The lowest BCUT2D eigenvalue weighted by molar-refractivity contribution is 1.07. The Labute approximate surface area is 643 Å². The average Bonchev–Trinajstić information content (AvgIpc) is 1.57. The lowest BCUT2D eigenvalue weighted by Gasteiger charge is -2.14. The third-order valence-electron chi connectivity index (χ3n) is 22.0. The van der Waals surface area contributed by atoms with Crippen molar-refractivity contribution in [3.63, 3.8) is 0 Å². The van der Waals surface area contributed by atoms with Gasteiger partial charge in [-0.2, -0.15) is 0 Å². The summed E-state index contributed by atoms with van der Waals surface area (Å²) in [6, 6.07) is 131. The summed E-state index contributed by atoms with van der Waals surface area (Å²) in [6.45, 7) is 0. The van der Waals surface area contributed by atoms with E-state index < -0.39 is 0 Å². The van der Waals surface area contributed by atoms with Gasteiger partial charge in [0.15, 0.2) is 23.3 Å². The Hall–Kier alpha value is -15.3. The predicted octanol–water partition coefficient (Wildman–Crippen LogP) is 24.8. The first-order valence-electron chi connectivity index (χ1n) is 37.7. The molecule has 0 aliphatic rings. The van der Waals surface area contributed by atoms with E-state index in [0.717, 1.165) is 167 Å². The van der Waals surface area contributed by atoms with Gasteiger partial charge >= 0.3 is 0 Å². The van der Waals surface area contributed by atoms with Gasteiger partial charge in [0.25, 0.3) is 0 Å². The van der Waals surface area contributed by atoms with Gasteiger partial charge in [-0.3, -0.25) is 9.13 Å². The van der Waals surface area contributed by atoms with E-state index in [-0.39, 0.29) is 0 Å². The molecule has 11 nitrogen and oxygen atoms in total. The van der Waals surface area contributed by atoms with Crippen LogP contribution in [0, 0.1) is 0 Å². The van der Waals surface area contributed by atoms with Gasteiger partial charge in [0.1, 0.15) is 11.3 Å². The van der Waals surface area contributed by atoms with Crippen molar-refractivity contribution in [1.82, 2.24) is 53.2 Å². The second kappa shape index (κ2) is 26.3. The fraction of sp³-hybridized carbons (Fsp3) is 0. The molecule has 11 heteroatoms. The van der Waals surface area contributed by atoms with Gasteiger partial charge in [-0.05, 0) is 150 Å². The minimum absolute atomic E-state index is 0.608. The van der Waals surface area contributed by atoms with E-state index in [0.29, 0.717) is 23.3 Å². The second-order valence-electron chi connectivity index (χ2n) is 28.4. The lowest BCUT2D eigenvalue weighted by atomic mass is 10.00. The van der Waals surface area contributed by atoms with E-state index >= 15 is 0 Å². The zero-order chi connectivity index (χ0) is 73.7. The van der Waals surface area contributed by atoms with Crippen molar-refractivity contribution < 1.29 is 0 Å². The molecule has 0 bridgehead atoms. The van der Waals surface area contributed by atoms with Gasteiger partial charge in [0, 0.05) is 123 Å². The number of hydrogen-bond acceptors (Lipinski definition) is 7. The second-order valence-corrected chi connectivity index (χ2v) is 28.4. The molecule has 0 aliphatic carbocycles. The number of fused-ring (bicyclic) bond motifs is 12. The Morgan fingerprint density at radius 3 is 0.946 bits per heavy atom. The molecule has 8 aromatic heterocycles. The molecule has 0 unspecified atom stereocenters. The molecule has 0 fully saturated rings. The summed E-state index contributed by atoms with van der Waals surface area (Å²) < 4.78 is 9.40. The first-order valence-corrected chi connectivity index (χ1v) is 37.7. The highest BCUT2D eigenvalue weighted by Crippen LogP contribution is 2.45. The number of para-hydroxylation sites is 5. The average molecular weight is 1430 g/mol. The first-order chi connectivity index (χ1) is 55.5. The highest BCUT2D eigenvalue weighted by atomic mass is 15.1. The summed E-state index contributed by atoms with van der Waals surface area (Å²) in [5.41, 5.74) is 26.6. The summed E-state index contributed by atoms with van der Waals surface area (Å²) in [7, 11) is 0. The molecule has 0 saturated carbocycles. The fourth-order valence-electron chi connectivity index (χ4n) is 16.7. The van der Waals surface area contributed by atoms with Gasteiger partial charge in [-0.1, -0.05) is 243 Å².